The molecule has 1 saturated carbocycles. The van der Waals surface area contributed by atoms with Crippen LogP contribution in [-0.4, -0.2) is 13.1 Å². The number of rotatable bonds is 3. The molecule has 1 nitrogen and oxygen atoms in total. The number of nitrogens with one attached hydrogen (secondary N) is 1. The van der Waals surface area contributed by atoms with Crippen LogP contribution in [0.1, 0.15) is 24.8 Å². The summed E-state index contributed by atoms with van der Waals surface area (Å²) >= 11 is 0. The van der Waals surface area contributed by atoms with Crippen LogP contribution in [0.15, 0.2) is 24.3 Å². The Balaban J connectivity index is 2.05. The summed E-state index contributed by atoms with van der Waals surface area (Å²) < 4.78 is 13.5. The van der Waals surface area contributed by atoms with Crippen molar-refractivity contribution in [2.75, 3.05) is 7.05 Å². The highest BCUT2D eigenvalue weighted by atomic mass is 19.1. The quantitative estimate of drug-likeness (QED) is 0.803. The first-order chi connectivity index (χ1) is 7.31. The molecule has 2 unspecified atom stereocenters. The molecule has 2 heteroatoms. The third-order valence-corrected chi connectivity index (χ3v) is 3.47. The topological polar surface area (TPSA) is 12.0 Å². The van der Waals surface area contributed by atoms with E-state index in [2.05, 4.69) is 5.32 Å². The van der Waals surface area contributed by atoms with Crippen molar-refractivity contribution in [3.63, 3.8) is 0 Å². The Hall–Kier alpha value is -0.890. The Kier molecular flexibility index (Phi) is 3.37. The van der Waals surface area contributed by atoms with E-state index >= 15 is 0 Å². The van der Waals surface area contributed by atoms with E-state index in [4.69, 9.17) is 0 Å². The first-order valence-corrected chi connectivity index (χ1v) is 5.72. The summed E-state index contributed by atoms with van der Waals surface area (Å²) in [5.74, 6) is 0.547. The maximum Gasteiger partial charge on any atom is 0.126 e. The molecule has 1 aromatic carbocycles. The van der Waals surface area contributed by atoms with Crippen molar-refractivity contribution < 1.29 is 4.39 Å². The molecule has 1 N–H and O–H groups in total. The van der Waals surface area contributed by atoms with Gasteiger partial charge in [0.1, 0.15) is 5.82 Å². The summed E-state index contributed by atoms with van der Waals surface area (Å²) in [7, 11) is 2.00. The molecule has 0 heterocycles. The molecule has 82 valence electrons. The number of hydrogen-bond donors (Lipinski definition) is 1. The van der Waals surface area contributed by atoms with Crippen LogP contribution in [0.2, 0.25) is 0 Å². The lowest BCUT2D eigenvalue weighted by Gasteiger charge is -2.19. The van der Waals surface area contributed by atoms with E-state index in [1.165, 1.54) is 19.3 Å². The van der Waals surface area contributed by atoms with E-state index in [1.54, 1.807) is 12.1 Å². The monoisotopic (exact) mass is 207 g/mol. The number of hydrogen-bond acceptors (Lipinski definition) is 1. The third-order valence-electron chi connectivity index (χ3n) is 3.47. The molecule has 2 rings (SSSR count). The molecule has 1 aliphatic rings. The summed E-state index contributed by atoms with van der Waals surface area (Å²) in [5.41, 5.74) is 0.865. The summed E-state index contributed by atoms with van der Waals surface area (Å²) in [6.45, 7) is 0. The van der Waals surface area contributed by atoms with Gasteiger partial charge < -0.3 is 5.32 Å². The predicted octanol–water partition coefficient (Wildman–Crippen LogP) is 2.76. The van der Waals surface area contributed by atoms with Crippen LogP contribution in [0.3, 0.4) is 0 Å². The lowest BCUT2D eigenvalue weighted by molar-refractivity contribution is 0.417. The highest BCUT2D eigenvalue weighted by molar-refractivity contribution is 5.18. The molecular weight excluding hydrogens is 189 g/mol. The summed E-state index contributed by atoms with van der Waals surface area (Å²) in [4.78, 5) is 0. The zero-order valence-electron chi connectivity index (χ0n) is 9.17. The average Bonchev–Trinajstić information content (AvgIpc) is 2.69. The molecule has 0 spiro atoms. The van der Waals surface area contributed by atoms with Crippen molar-refractivity contribution in [2.45, 2.75) is 31.7 Å². The molecule has 0 aliphatic heterocycles. The number of benzene rings is 1. The van der Waals surface area contributed by atoms with Gasteiger partial charge in [0.2, 0.25) is 0 Å². The van der Waals surface area contributed by atoms with Crippen molar-refractivity contribution >= 4 is 0 Å². The standard InChI is InChI=1S/C13H18FN/c1-15-13-8-4-6-11(13)9-10-5-2-3-7-12(10)14/h2-3,5,7,11,13,15H,4,6,8-9H2,1H3. The van der Waals surface area contributed by atoms with Crippen LogP contribution >= 0.6 is 0 Å². The van der Waals surface area contributed by atoms with Gasteiger partial charge in [0.25, 0.3) is 0 Å². The molecule has 0 bridgehead atoms. The van der Waals surface area contributed by atoms with Gasteiger partial charge in [-0.2, -0.15) is 0 Å². The van der Waals surface area contributed by atoms with Gasteiger partial charge in [0.15, 0.2) is 0 Å². The van der Waals surface area contributed by atoms with Crippen LogP contribution in [0.5, 0.6) is 0 Å². The van der Waals surface area contributed by atoms with Crippen LogP contribution in [-0.2, 0) is 6.42 Å². The van der Waals surface area contributed by atoms with Gasteiger partial charge in [0, 0.05) is 6.04 Å². The molecule has 2 atom stereocenters. The lowest BCUT2D eigenvalue weighted by atomic mass is 9.94. The van der Waals surface area contributed by atoms with Crippen LogP contribution in [0.4, 0.5) is 4.39 Å². The number of halogens is 1. The maximum absolute atomic E-state index is 13.5. The molecule has 0 aromatic heterocycles. The second-order valence-electron chi connectivity index (χ2n) is 4.38. The van der Waals surface area contributed by atoms with Crippen LogP contribution in [0, 0.1) is 11.7 Å². The van der Waals surface area contributed by atoms with Gasteiger partial charge >= 0.3 is 0 Å². The second-order valence-corrected chi connectivity index (χ2v) is 4.38. The van der Waals surface area contributed by atoms with Crippen molar-refractivity contribution in [2.24, 2.45) is 5.92 Å². The Morgan fingerprint density at radius 1 is 1.33 bits per heavy atom. The zero-order valence-corrected chi connectivity index (χ0v) is 9.17. The molecule has 0 radical (unpaired) electrons. The Labute approximate surface area is 90.7 Å². The highest BCUT2D eigenvalue weighted by Crippen LogP contribution is 2.29. The second kappa shape index (κ2) is 4.75. The van der Waals surface area contributed by atoms with Gasteiger partial charge in [-0.1, -0.05) is 24.6 Å². The first-order valence-electron chi connectivity index (χ1n) is 5.72. The van der Waals surface area contributed by atoms with Crippen molar-refractivity contribution in [1.82, 2.24) is 5.32 Å². The Morgan fingerprint density at radius 3 is 2.87 bits per heavy atom. The zero-order chi connectivity index (χ0) is 10.7. The summed E-state index contributed by atoms with van der Waals surface area (Å²) in [6, 6.07) is 7.70. The first kappa shape index (κ1) is 10.6. The molecular formula is C13H18FN. The minimum atomic E-state index is -0.0562. The van der Waals surface area contributed by atoms with E-state index in [1.807, 2.05) is 19.2 Å². The lowest BCUT2D eigenvalue weighted by Crippen LogP contribution is -2.30. The minimum absolute atomic E-state index is 0.0562. The Morgan fingerprint density at radius 2 is 2.13 bits per heavy atom. The van der Waals surface area contributed by atoms with Crippen molar-refractivity contribution in [3.05, 3.63) is 35.6 Å². The molecule has 1 aliphatic carbocycles. The van der Waals surface area contributed by atoms with Gasteiger partial charge in [-0.25, -0.2) is 4.39 Å². The minimum Gasteiger partial charge on any atom is -0.317 e. The SMILES string of the molecule is CNC1CCCC1Cc1ccccc1F. The van der Waals surface area contributed by atoms with E-state index in [0.29, 0.717) is 12.0 Å². The molecule has 0 amide bonds. The van der Waals surface area contributed by atoms with Gasteiger partial charge in [-0.15, -0.1) is 0 Å². The van der Waals surface area contributed by atoms with Crippen LogP contribution in [0.25, 0.3) is 0 Å². The fourth-order valence-corrected chi connectivity index (χ4v) is 2.61. The average molecular weight is 207 g/mol. The summed E-state index contributed by atoms with van der Waals surface area (Å²) in [5, 5.41) is 3.33. The van der Waals surface area contributed by atoms with Crippen molar-refractivity contribution in [3.8, 4) is 0 Å². The molecule has 1 fully saturated rings. The summed E-state index contributed by atoms with van der Waals surface area (Å²) in [6.07, 6.45) is 4.60. The van der Waals surface area contributed by atoms with Gasteiger partial charge in [0.05, 0.1) is 0 Å². The van der Waals surface area contributed by atoms with E-state index in [9.17, 15) is 4.39 Å². The highest BCUT2D eigenvalue weighted by Gasteiger charge is 2.26. The largest absolute Gasteiger partial charge is 0.317 e. The van der Waals surface area contributed by atoms with Crippen LogP contribution < -0.4 is 5.32 Å². The fourth-order valence-electron chi connectivity index (χ4n) is 2.61. The smallest absolute Gasteiger partial charge is 0.126 e. The van der Waals surface area contributed by atoms with Gasteiger partial charge in [-0.05, 0) is 43.9 Å². The van der Waals surface area contributed by atoms with E-state index in [-0.39, 0.29) is 5.82 Å². The van der Waals surface area contributed by atoms with E-state index < -0.39 is 0 Å². The third kappa shape index (κ3) is 2.37. The molecule has 15 heavy (non-hydrogen) atoms. The normalized spacial score (nSPS) is 25.7. The van der Waals surface area contributed by atoms with Crippen molar-refractivity contribution in [1.29, 1.82) is 0 Å². The van der Waals surface area contributed by atoms with Gasteiger partial charge in [-0.3, -0.25) is 0 Å². The molecule has 0 saturated heterocycles. The maximum atomic E-state index is 13.5. The van der Waals surface area contributed by atoms with E-state index in [0.717, 1.165) is 12.0 Å². The Bertz CT molecular complexity index is 324. The predicted molar refractivity (Wildman–Crippen MR) is 60.3 cm³/mol. The molecule has 1 aromatic rings. The fraction of sp³-hybridized carbons (Fsp3) is 0.538.